The zero-order valence-corrected chi connectivity index (χ0v) is 13.1. The van der Waals surface area contributed by atoms with Crippen LogP contribution in [-0.4, -0.2) is 5.11 Å². The summed E-state index contributed by atoms with van der Waals surface area (Å²) in [5, 5.41) is 9.55. The molecule has 0 radical (unpaired) electrons. The molecule has 3 rings (SSSR count). The number of aromatic hydroxyl groups is 1. The third kappa shape index (κ3) is 3.27. The molecule has 0 heterocycles. The van der Waals surface area contributed by atoms with Crippen molar-refractivity contribution < 1.29 is 5.11 Å². The highest BCUT2D eigenvalue weighted by molar-refractivity contribution is 5.77. The largest absolute Gasteiger partial charge is 0.508 e. The number of phenols is 1. The fourth-order valence-corrected chi connectivity index (χ4v) is 2.50. The first-order valence-corrected chi connectivity index (χ1v) is 7.56. The molecular weight excluding hydrogens is 282 g/mol. The molecule has 0 bridgehead atoms. The molecule has 1 N–H and O–H groups in total. The second kappa shape index (κ2) is 6.41. The van der Waals surface area contributed by atoms with Gasteiger partial charge in [0.2, 0.25) is 0 Å². The fraction of sp³-hybridized carbons (Fsp3) is 0.0476. The molecule has 114 valence electrons. The Hall–Kier alpha value is -3.00. The molecule has 0 aliphatic rings. The van der Waals surface area contributed by atoms with E-state index in [0.717, 1.165) is 22.6 Å². The molecule has 0 saturated heterocycles. The average Bonchev–Trinajstić information content (AvgIpc) is 2.59. The van der Waals surface area contributed by atoms with Crippen molar-refractivity contribution in [1.82, 2.24) is 0 Å². The summed E-state index contributed by atoms with van der Waals surface area (Å²) < 4.78 is 0. The van der Waals surface area contributed by atoms with E-state index >= 15 is 0 Å². The van der Waals surface area contributed by atoms with Crippen molar-refractivity contribution in [2.24, 2.45) is 0 Å². The summed E-state index contributed by atoms with van der Waals surface area (Å²) >= 11 is 0. The lowest BCUT2D eigenvalue weighted by molar-refractivity contribution is 0.475. The van der Waals surface area contributed by atoms with Gasteiger partial charge in [-0.2, -0.15) is 0 Å². The van der Waals surface area contributed by atoms with Gasteiger partial charge in [-0.1, -0.05) is 42.5 Å². The van der Waals surface area contributed by atoms with Crippen LogP contribution < -0.4 is 4.90 Å². The van der Waals surface area contributed by atoms with Crippen molar-refractivity contribution in [3.05, 3.63) is 90.5 Å². The quantitative estimate of drug-likeness (QED) is 0.657. The smallest absolute Gasteiger partial charge is 0.115 e. The molecule has 23 heavy (non-hydrogen) atoms. The molecule has 2 heteroatoms. The van der Waals surface area contributed by atoms with Crippen molar-refractivity contribution in [3.63, 3.8) is 0 Å². The second-order valence-electron chi connectivity index (χ2n) is 5.48. The second-order valence-corrected chi connectivity index (χ2v) is 5.48. The number of phenolic OH excluding ortho intramolecular Hbond substituents is 1. The van der Waals surface area contributed by atoms with Gasteiger partial charge in [-0.05, 0) is 61.0 Å². The van der Waals surface area contributed by atoms with Crippen molar-refractivity contribution in [2.75, 3.05) is 4.90 Å². The van der Waals surface area contributed by atoms with Gasteiger partial charge >= 0.3 is 0 Å². The van der Waals surface area contributed by atoms with Crippen LogP contribution in [0.2, 0.25) is 0 Å². The van der Waals surface area contributed by atoms with Gasteiger partial charge in [0.1, 0.15) is 5.75 Å². The lowest BCUT2D eigenvalue weighted by Gasteiger charge is -2.25. The molecule has 0 aromatic heterocycles. The molecule has 0 spiro atoms. The molecule has 3 aromatic carbocycles. The van der Waals surface area contributed by atoms with E-state index in [0.29, 0.717) is 0 Å². The Morgan fingerprint density at radius 1 is 0.739 bits per heavy atom. The van der Waals surface area contributed by atoms with Crippen LogP contribution in [0.5, 0.6) is 5.75 Å². The van der Waals surface area contributed by atoms with E-state index < -0.39 is 0 Å². The minimum atomic E-state index is 0.264. The van der Waals surface area contributed by atoms with Crippen LogP contribution in [0, 0.1) is 6.92 Å². The summed E-state index contributed by atoms with van der Waals surface area (Å²) in [7, 11) is 0. The summed E-state index contributed by atoms with van der Waals surface area (Å²) in [4.78, 5) is 2.16. The van der Waals surface area contributed by atoms with E-state index in [1.807, 2.05) is 30.3 Å². The molecule has 0 aliphatic carbocycles. The Morgan fingerprint density at radius 3 is 1.65 bits per heavy atom. The normalized spacial score (nSPS) is 10.3. The molecule has 0 atom stereocenters. The molecule has 0 aliphatic heterocycles. The maximum absolute atomic E-state index is 9.55. The summed E-state index contributed by atoms with van der Waals surface area (Å²) in [5.74, 6) is 0.264. The highest BCUT2D eigenvalue weighted by Gasteiger charge is 2.12. The van der Waals surface area contributed by atoms with Gasteiger partial charge in [0.25, 0.3) is 0 Å². The monoisotopic (exact) mass is 301 g/mol. The van der Waals surface area contributed by atoms with E-state index in [2.05, 4.69) is 54.8 Å². The van der Waals surface area contributed by atoms with Crippen LogP contribution >= 0.6 is 0 Å². The molecule has 3 aromatic rings. The Labute approximate surface area is 137 Å². The standard InChI is InChI=1S/C21H19NO/c1-3-17-6-10-19(11-7-17)22(18-8-4-16(2)5-9-18)20-12-14-21(23)15-13-20/h3-15,23H,1H2,2H3. The van der Waals surface area contributed by atoms with Crippen molar-refractivity contribution in [1.29, 1.82) is 0 Å². The number of rotatable bonds is 4. The van der Waals surface area contributed by atoms with E-state index in [1.165, 1.54) is 5.56 Å². The molecule has 0 unspecified atom stereocenters. The maximum Gasteiger partial charge on any atom is 0.115 e. The van der Waals surface area contributed by atoms with Crippen LogP contribution in [0.4, 0.5) is 17.1 Å². The lowest BCUT2D eigenvalue weighted by atomic mass is 10.1. The SMILES string of the molecule is C=Cc1ccc(N(c2ccc(C)cc2)c2ccc(O)cc2)cc1. The van der Waals surface area contributed by atoms with Gasteiger partial charge in [-0.3, -0.25) is 0 Å². The van der Waals surface area contributed by atoms with Gasteiger partial charge in [0.05, 0.1) is 0 Å². The topological polar surface area (TPSA) is 23.5 Å². The predicted octanol–water partition coefficient (Wildman–Crippen LogP) is 5.81. The van der Waals surface area contributed by atoms with E-state index in [9.17, 15) is 5.11 Å². The minimum Gasteiger partial charge on any atom is -0.508 e. The van der Waals surface area contributed by atoms with Crippen molar-refractivity contribution in [3.8, 4) is 5.75 Å². The summed E-state index contributed by atoms with van der Waals surface area (Å²) in [6.07, 6.45) is 1.83. The van der Waals surface area contributed by atoms with Crippen molar-refractivity contribution >= 4 is 23.1 Å². The molecule has 0 saturated carbocycles. The molecular formula is C21H19NO. The van der Waals surface area contributed by atoms with Gasteiger partial charge in [-0.15, -0.1) is 0 Å². The van der Waals surface area contributed by atoms with E-state index in [4.69, 9.17) is 0 Å². The van der Waals surface area contributed by atoms with Gasteiger partial charge in [-0.25, -0.2) is 0 Å². The third-order valence-corrected chi connectivity index (χ3v) is 3.79. The van der Waals surface area contributed by atoms with E-state index in [-0.39, 0.29) is 5.75 Å². The van der Waals surface area contributed by atoms with Crippen LogP contribution in [0.25, 0.3) is 6.08 Å². The van der Waals surface area contributed by atoms with E-state index in [1.54, 1.807) is 12.1 Å². The summed E-state index contributed by atoms with van der Waals surface area (Å²) in [6.45, 7) is 5.88. The Bertz CT molecular complexity index is 741. The number of hydrogen-bond donors (Lipinski definition) is 1. The zero-order chi connectivity index (χ0) is 16.2. The van der Waals surface area contributed by atoms with Crippen LogP contribution in [-0.2, 0) is 0 Å². The van der Waals surface area contributed by atoms with Gasteiger partial charge in [0.15, 0.2) is 0 Å². The van der Waals surface area contributed by atoms with Gasteiger partial charge in [0, 0.05) is 17.1 Å². The average molecular weight is 301 g/mol. The number of hydrogen-bond acceptors (Lipinski definition) is 2. The van der Waals surface area contributed by atoms with Crippen LogP contribution in [0.15, 0.2) is 79.4 Å². The molecule has 2 nitrogen and oxygen atoms in total. The summed E-state index contributed by atoms with van der Waals surface area (Å²) in [6, 6.07) is 23.9. The number of aryl methyl sites for hydroxylation is 1. The number of anilines is 3. The van der Waals surface area contributed by atoms with Crippen LogP contribution in [0.3, 0.4) is 0 Å². The Morgan fingerprint density at radius 2 is 1.17 bits per heavy atom. The highest BCUT2D eigenvalue weighted by Crippen LogP contribution is 2.35. The Kier molecular flexibility index (Phi) is 4.15. The summed E-state index contributed by atoms with van der Waals surface area (Å²) in [5.41, 5.74) is 5.44. The highest BCUT2D eigenvalue weighted by atomic mass is 16.3. The zero-order valence-electron chi connectivity index (χ0n) is 13.1. The lowest BCUT2D eigenvalue weighted by Crippen LogP contribution is -2.09. The predicted molar refractivity (Wildman–Crippen MR) is 97.6 cm³/mol. The number of nitrogens with zero attached hydrogens (tertiary/aromatic N) is 1. The molecule has 0 amide bonds. The number of benzene rings is 3. The maximum atomic E-state index is 9.55. The first-order valence-electron chi connectivity index (χ1n) is 7.56. The molecule has 0 fully saturated rings. The van der Waals surface area contributed by atoms with Crippen molar-refractivity contribution in [2.45, 2.75) is 6.92 Å². The fourth-order valence-electron chi connectivity index (χ4n) is 2.50. The minimum absolute atomic E-state index is 0.264. The Balaban J connectivity index is 2.10. The first-order chi connectivity index (χ1) is 11.2. The van der Waals surface area contributed by atoms with Gasteiger partial charge < -0.3 is 10.0 Å². The van der Waals surface area contributed by atoms with Crippen LogP contribution in [0.1, 0.15) is 11.1 Å². The first kappa shape index (κ1) is 14.9. The third-order valence-electron chi connectivity index (χ3n) is 3.79.